The molecule has 2 heteroatoms. The Balaban J connectivity index is 2.64. The summed E-state index contributed by atoms with van der Waals surface area (Å²) in [6.07, 6.45) is 0.832. The number of hydrogen-bond donors (Lipinski definition) is 2. The van der Waals surface area contributed by atoms with Crippen LogP contribution in [0.25, 0.3) is 0 Å². The molecule has 3 N–H and O–H groups in total. The minimum atomic E-state index is 0.0856. The number of rotatable bonds is 0. The molecular formula is C6H10N2. The third-order valence-corrected chi connectivity index (χ3v) is 1.25. The smallest absolute Gasteiger partial charge is 0.0496 e. The van der Waals surface area contributed by atoms with Gasteiger partial charge in [-0.1, -0.05) is 13.2 Å². The third-order valence-electron chi connectivity index (χ3n) is 1.25. The minimum Gasteiger partial charge on any atom is -0.362 e. The van der Waals surface area contributed by atoms with Crippen molar-refractivity contribution in [2.75, 3.05) is 0 Å². The van der Waals surface area contributed by atoms with Crippen molar-refractivity contribution in [1.29, 1.82) is 0 Å². The molecule has 0 radical (unpaired) electrons. The maximum atomic E-state index is 5.55. The van der Waals surface area contributed by atoms with Crippen molar-refractivity contribution >= 4 is 0 Å². The molecule has 8 heavy (non-hydrogen) atoms. The van der Waals surface area contributed by atoms with Crippen LogP contribution in [-0.2, 0) is 0 Å². The number of hydrogen-bond acceptors (Lipinski definition) is 2. The third kappa shape index (κ3) is 0.746. The molecule has 1 heterocycles. The van der Waals surface area contributed by atoms with Crippen molar-refractivity contribution in [3.8, 4) is 0 Å². The molecule has 0 aromatic heterocycles. The SMILES string of the molecule is C=C1CC(N)C(=C)N1. The van der Waals surface area contributed by atoms with E-state index in [4.69, 9.17) is 5.73 Å². The van der Waals surface area contributed by atoms with Gasteiger partial charge in [0.25, 0.3) is 0 Å². The van der Waals surface area contributed by atoms with Crippen LogP contribution in [0.3, 0.4) is 0 Å². The second kappa shape index (κ2) is 1.63. The van der Waals surface area contributed by atoms with E-state index in [1.807, 2.05) is 0 Å². The van der Waals surface area contributed by atoms with Crippen LogP contribution in [0.1, 0.15) is 6.42 Å². The first-order chi connectivity index (χ1) is 3.70. The summed E-state index contributed by atoms with van der Waals surface area (Å²) >= 11 is 0. The van der Waals surface area contributed by atoms with E-state index in [-0.39, 0.29) is 6.04 Å². The van der Waals surface area contributed by atoms with Gasteiger partial charge in [0, 0.05) is 23.9 Å². The summed E-state index contributed by atoms with van der Waals surface area (Å²) in [4.78, 5) is 0. The van der Waals surface area contributed by atoms with E-state index in [1.54, 1.807) is 0 Å². The summed E-state index contributed by atoms with van der Waals surface area (Å²) in [5.41, 5.74) is 7.40. The molecule has 1 aliphatic heterocycles. The maximum Gasteiger partial charge on any atom is 0.0496 e. The van der Waals surface area contributed by atoms with Gasteiger partial charge < -0.3 is 11.1 Å². The lowest BCUT2D eigenvalue weighted by Gasteiger charge is -1.97. The van der Waals surface area contributed by atoms with E-state index in [0.717, 1.165) is 17.8 Å². The minimum absolute atomic E-state index is 0.0856. The van der Waals surface area contributed by atoms with E-state index in [2.05, 4.69) is 18.5 Å². The zero-order chi connectivity index (χ0) is 6.15. The Kier molecular flexibility index (Phi) is 1.10. The summed E-state index contributed by atoms with van der Waals surface area (Å²) in [7, 11) is 0. The average molecular weight is 110 g/mol. The first-order valence-electron chi connectivity index (χ1n) is 2.59. The van der Waals surface area contributed by atoms with Gasteiger partial charge in [0.2, 0.25) is 0 Å². The van der Waals surface area contributed by atoms with Gasteiger partial charge in [0.05, 0.1) is 0 Å². The van der Waals surface area contributed by atoms with Crippen molar-refractivity contribution in [3.63, 3.8) is 0 Å². The molecule has 0 aromatic rings. The summed E-state index contributed by atoms with van der Waals surface area (Å²) in [5.74, 6) is 0. The highest BCUT2D eigenvalue weighted by atomic mass is 15.0. The predicted molar refractivity (Wildman–Crippen MR) is 34.0 cm³/mol. The molecule has 2 nitrogen and oxygen atoms in total. The molecule has 0 aromatic carbocycles. The van der Waals surface area contributed by atoms with E-state index < -0.39 is 0 Å². The van der Waals surface area contributed by atoms with Crippen molar-refractivity contribution in [3.05, 3.63) is 24.6 Å². The van der Waals surface area contributed by atoms with Crippen LogP contribution in [0.5, 0.6) is 0 Å². The molecule has 1 atom stereocenters. The van der Waals surface area contributed by atoms with Crippen LogP contribution in [0.4, 0.5) is 0 Å². The lowest BCUT2D eigenvalue weighted by molar-refractivity contribution is 0.830. The average Bonchev–Trinajstić information content (AvgIpc) is 1.85. The van der Waals surface area contributed by atoms with Gasteiger partial charge in [-0.05, 0) is 0 Å². The van der Waals surface area contributed by atoms with Gasteiger partial charge in [0.15, 0.2) is 0 Å². The van der Waals surface area contributed by atoms with Crippen molar-refractivity contribution in [2.24, 2.45) is 5.73 Å². The fourth-order valence-electron chi connectivity index (χ4n) is 0.759. The molecule has 0 spiro atoms. The van der Waals surface area contributed by atoms with Gasteiger partial charge in [0.1, 0.15) is 0 Å². The Morgan fingerprint density at radius 2 is 2.25 bits per heavy atom. The fourth-order valence-corrected chi connectivity index (χ4v) is 0.759. The van der Waals surface area contributed by atoms with E-state index in [0.29, 0.717) is 0 Å². The van der Waals surface area contributed by atoms with Crippen molar-refractivity contribution in [2.45, 2.75) is 12.5 Å². The first-order valence-corrected chi connectivity index (χ1v) is 2.59. The highest BCUT2D eigenvalue weighted by Crippen LogP contribution is 2.13. The van der Waals surface area contributed by atoms with Gasteiger partial charge in [-0.3, -0.25) is 0 Å². The number of nitrogens with two attached hydrogens (primary N) is 1. The first kappa shape index (κ1) is 5.38. The molecule has 0 bridgehead atoms. The zero-order valence-electron chi connectivity index (χ0n) is 4.78. The van der Waals surface area contributed by atoms with Gasteiger partial charge >= 0.3 is 0 Å². The van der Waals surface area contributed by atoms with Crippen LogP contribution in [0.2, 0.25) is 0 Å². The highest BCUT2D eigenvalue weighted by Gasteiger charge is 2.15. The molecule has 1 unspecified atom stereocenters. The number of nitrogens with one attached hydrogen (secondary N) is 1. The molecule has 0 saturated carbocycles. The molecule has 1 saturated heterocycles. The fraction of sp³-hybridized carbons (Fsp3) is 0.333. The normalized spacial score (nSPS) is 28.4. The second-order valence-corrected chi connectivity index (χ2v) is 2.06. The Hall–Kier alpha value is -0.760. The van der Waals surface area contributed by atoms with Crippen LogP contribution in [0, 0.1) is 0 Å². The Bertz CT molecular complexity index is 137. The summed E-state index contributed by atoms with van der Waals surface area (Å²) < 4.78 is 0. The zero-order valence-corrected chi connectivity index (χ0v) is 4.78. The topological polar surface area (TPSA) is 38.0 Å². The molecule has 1 fully saturated rings. The molecule has 44 valence electrons. The lowest BCUT2D eigenvalue weighted by Crippen LogP contribution is -2.18. The van der Waals surface area contributed by atoms with E-state index in [1.165, 1.54) is 0 Å². The predicted octanol–water partition coefficient (Wildman–Crippen LogP) is 0.334. The van der Waals surface area contributed by atoms with Gasteiger partial charge in [-0.25, -0.2) is 0 Å². The van der Waals surface area contributed by atoms with Crippen molar-refractivity contribution in [1.82, 2.24) is 5.32 Å². The van der Waals surface area contributed by atoms with Crippen LogP contribution >= 0.6 is 0 Å². The summed E-state index contributed by atoms with van der Waals surface area (Å²) in [5, 5.41) is 2.95. The Morgan fingerprint density at radius 3 is 2.38 bits per heavy atom. The highest BCUT2D eigenvalue weighted by molar-refractivity contribution is 5.20. The van der Waals surface area contributed by atoms with Crippen LogP contribution < -0.4 is 11.1 Å². The lowest BCUT2D eigenvalue weighted by atomic mass is 10.2. The van der Waals surface area contributed by atoms with Gasteiger partial charge in [-0.2, -0.15) is 0 Å². The largest absolute Gasteiger partial charge is 0.362 e. The summed E-state index contributed by atoms with van der Waals surface area (Å²) in [6.45, 7) is 7.39. The quantitative estimate of drug-likeness (QED) is 0.471. The summed E-state index contributed by atoms with van der Waals surface area (Å²) in [6, 6.07) is 0.0856. The van der Waals surface area contributed by atoms with Crippen LogP contribution in [0.15, 0.2) is 24.6 Å². The van der Waals surface area contributed by atoms with Gasteiger partial charge in [-0.15, -0.1) is 0 Å². The van der Waals surface area contributed by atoms with E-state index in [9.17, 15) is 0 Å². The maximum absolute atomic E-state index is 5.55. The molecule has 0 aliphatic carbocycles. The Labute approximate surface area is 49.1 Å². The van der Waals surface area contributed by atoms with Crippen LogP contribution in [-0.4, -0.2) is 6.04 Å². The standard InChI is InChI=1S/C6H10N2/c1-4-3-6(7)5(2)8-4/h6,8H,1-3,7H2. The molecule has 0 amide bonds. The van der Waals surface area contributed by atoms with E-state index >= 15 is 0 Å². The second-order valence-electron chi connectivity index (χ2n) is 2.06. The molecular weight excluding hydrogens is 100 g/mol. The molecule has 1 rings (SSSR count). The molecule has 1 aliphatic rings. The van der Waals surface area contributed by atoms with Crippen molar-refractivity contribution < 1.29 is 0 Å². The Morgan fingerprint density at radius 1 is 1.62 bits per heavy atom. The monoisotopic (exact) mass is 110 g/mol.